The summed E-state index contributed by atoms with van der Waals surface area (Å²) < 4.78 is 10.8. The van der Waals surface area contributed by atoms with Gasteiger partial charge in [-0.15, -0.1) is 0 Å². The fourth-order valence-electron chi connectivity index (χ4n) is 3.45. The van der Waals surface area contributed by atoms with Gasteiger partial charge in [-0.05, 0) is 51.2 Å². The predicted molar refractivity (Wildman–Crippen MR) is 112 cm³/mol. The maximum Gasteiger partial charge on any atom is 0.257 e. The molecule has 1 heterocycles. The van der Waals surface area contributed by atoms with E-state index in [0.29, 0.717) is 35.9 Å². The summed E-state index contributed by atoms with van der Waals surface area (Å²) in [5.74, 6) is 1.25. The molecular formula is C22H31N3O3. The molecule has 0 saturated heterocycles. The van der Waals surface area contributed by atoms with Crippen LogP contribution in [0.5, 0.6) is 11.5 Å². The molecule has 0 fully saturated rings. The summed E-state index contributed by atoms with van der Waals surface area (Å²) in [5.41, 5.74) is 9.17. The first-order valence-electron chi connectivity index (χ1n) is 9.33. The lowest BCUT2D eigenvalue weighted by Crippen LogP contribution is -2.38. The molecule has 0 spiro atoms. The maximum absolute atomic E-state index is 13.3. The first-order valence-corrected chi connectivity index (χ1v) is 9.33. The van der Waals surface area contributed by atoms with E-state index in [-0.39, 0.29) is 11.9 Å². The van der Waals surface area contributed by atoms with Gasteiger partial charge in [0.15, 0.2) is 11.5 Å². The maximum atomic E-state index is 13.3. The lowest BCUT2D eigenvalue weighted by atomic mass is 10.0. The molecule has 0 aliphatic carbocycles. The third-order valence-electron chi connectivity index (χ3n) is 4.81. The van der Waals surface area contributed by atoms with Crippen molar-refractivity contribution in [2.45, 2.75) is 19.9 Å². The Labute approximate surface area is 167 Å². The lowest BCUT2D eigenvalue weighted by Gasteiger charge is -2.31. The molecule has 152 valence electrons. The van der Waals surface area contributed by atoms with Crippen molar-refractivity contribution in [3.63, 3.8) is 0 Å². The van der Waals surface area contributed by atoms with Crippen LogP contribution in [0.15, 0.2) is 53.3 Å². The van der Waals surface area contributed by atoms with Crippen LogP contribution in [0, 0.1) is 0 Å². The van der Waals surface area contributed by atoms with Crippen LogP contribution in [0.3, 0.4) is 0 Å². The number of likely N-dealkylation sites (N-methyl/N-ethyl adjacent to an activating group) is 1. The number of ether oxygens (including phenoxy) is 2. The van der Waals surface area contributed by atoms with Gasteiger partial charge in [0.05, 0.1) is 25.8 Å². The highest BCUT2D eigenvalue weighted by atomic mass is 16.5. The fraction of sp³-hybridized carbons (Fsp3) is 0.409. The molecule has 1 aromatic rings. The van der Waals surface area contributed by atoms with Crippen LogP contribution in [0.25, 0.3) is 0 Å². The molecule has 0 aromatic heterocycles. The summed E-state index contributed by atoms with van der Waals surface area (Å²) in [6.45, 7) is 4.97. The molecule has 6 heteroatoms. The van der Waals surface area contributed by atoms with Crippen LogP contribution in [0.1, 0.15) is 25.5 Å². The molecule has 28 heavy (non-hydrogen) atoms. The second-order valence-corrected chi connectivity index (χ2v) is 6.97. The van der Waals surface area contributed by atoms with Crippen LogP contribution < -0.4 is 15.2 Å². The Morgan fingerprint density at radius 3 is 2.46 bits per heavy atom. The largest absolute Gasteiger partial charge is 0.493 e. The van der Waals surface area contributed by atoms with Gasteiger partial charge in [0.2, 0.25) is 0 Å². The first-order chi connectivity index (χ1) is 13.4. The van der Waals surface area contributed by atoms with E-state index in [2.05, 4.69) is 4.90 Å². The number of rotatable bonds is 8. The van der Waals surface area contributed by atoms with Gasteiger partial charge in [0.1, 0.15) is 0 Å². The highest BCUT2D eigenvalue weighted by Crippen LogP contribution is 2.36. The van der Waals surface area contributed by atoms with Gasteiger partial charge in [-0.25, -0.2) is 0 Å². The van der Waals surface area contributed by atoms with E-state index in [0.717, 1.165) is 11.1 Å². The van der Waals surface area contributed by atoms with Gasteiger partial charge < -0.3 is 25.0 Å². The average molecular weight is 386 g/mol. The topological polar surface area (TPSA) is 68.0 Å². The second kappa shape index (κ2) is 9.46. The molecule has 2 N–H and O–H groups in total. The molecule has 2 rings (SSSR count). The van der Waals surface area contributed by atoms with Crippen LogP contribution in [0.2, 0.25) is 0 Å². The monoisotopic (exact) mass is 385 g/mol. The third-order valence-corrected chi connectivity index (χ3v) is 4.81. The first kappa shape index (κ1) is 21.6. The predicted octanol–water partition coefficient (Wildman–Crippen LogP) is 2.88. The SMILES string of the molecule is C/C=C\C1=C(C(/N)=C\C)C(=O)N(C(CN(C)C)c2ccc(OC)c(OC)c2)C1. The van der Waals surface area contributed by atoms with Gasteiger partial charge in [-0.2, -0.15) is 0 Å². The Kier molecular flexibility index (Phi) is 7.29. The minimum absolute atomic E-state index is 0.0506. The number of nitrogens with zero attached hydrogens (tertiary/aromatic N) is 2. The van der Waals surface area contributed by atoms with Crippen molar-refractivity contribution in [3.05, 3.63) is 58.8 Å². The number of hydrogen-bond acceptors (Lipinski definition) is 5. The van der Waals surface area contributed by atoms with E-state index >= 15 is 0 Å². The van der Waals surface area contributed by atoms with Crippen molar-refractivity contribution in [3.8, 4) is 11.5 Å². The number of allylic oxidation sites excluding steroid dienone is 2. The standard InChI is InChI=1S/C22H31N3O3/c1-7-9-16-13-25(22(26)21(16)17(23)8-2)18(14-24(3)4)15-10-11-19(27-5)20(12-15)28-6/h7-12,18H,13-14,23H2,1-6H3/b9-7-,17-8+. The Morgan fingerprint density at radius 1 is 1.25 bits per heavy atom. The summed E-state index contributed by atoms with van der Waals surface area (Å²) in [4.78, 5) is 17.3. The van der Waals surface area contributed by atoms with Crippen molar-refractivity contribution < 1.29 is 14.3 Å². The van der Waals surface area contributed by atoms with Crippen molar-refractivity contribution >= 4 is 5.91 Å². The molecule has 1 aliphatic rings. The highest BCUT2D eigenvalue weighted by Gasteiger charge is 2.36. The molecule has 1 amide bonds. The smallest absolute Gasteiger partial charge is 0.257 e. The van der Waals surface area contributed by atoms with Crippen molar-refractivity contribution in [1.82, 2.24) is 9.80 Å². The number of nitrogens with two attached hydrogens (primary N) is 1. The molecule has 0 radical (unpaired) electrons. The number of amides is 1. The van der Waals surface area contributed by atoms with Gasteiger partial charge >= 0.3 is 0 Å². The van der Waals surface area contributed by atoms with E-state index in [4.69, 9.17) is 15.2 Å². The zero-order valence-electron chi connectivity index (χ0n) is 17.7. The molecular weight excluding hydrogens is 354 g/mol. The highest BCUT2D eigenvalue weighted by molar-refractivity contribution is 6.02. The van der Waals surface area contributed by atoms with Gasteiger partial charge in [0, 0.05) is 18.8 Å². The minimum atomic E-state index is -0.148. The number of benzene rings is 1. The van der Waals surface area contributed by atoms with Crippen LogP contribution >= 0.6 is 0 Å². The lowest BCUT2D eigenvalue weighted by molar-refractivity contribution is -0.127. The Hall–Kier alpha value is -2.73. The average Bonchev–Trinajstić information content (AvgIpc) is 3.00. The molecule has 1 aromatic carbocycles. The molecule has 1 unspecified atom stereocenters. The van der Waals surface area contributed by atoms with Gasteiger partial charge in [-0.3, -0.25) is 4.79 Å². The zero-order valence-corrected chi connectivity index (χ0v) is 17.7. The van der Waals surface area contributed by atoms with E-state index in [1.54, 1.807) is 20.3 Å². The van der Waals surface area contributed by atoms with E-state index in [1.165, 1.54) is 0 Å². The van der Waals surface area contributed by atoms with Gasteiger partial charge in [0.25, 0.3) is 5.91 Å². The normalized spacial score (nSPS) is 16.5. The van der Waals surface area contributed by atoms with E-state index in [9.17, 15) is 4.79 Å². The molecule has 0 bridgehead atoms. The molecule has 6 nitrogen and oxygen atoms in total. The van der Waals surface area contributed by atoms with Gasteiger partial charge in [-0.1, -0.05) is 24.3 Å². The summed E-state index contributed by atoms with van der Waals surface area (Å²) in [5, 5.41) is 0. The number of hydrogen-bond donors (Lipinski definition) is 1. The summed E-state index contributed by atoms with van der Waals surface area (Å²) in [7, 11) is 7.21. The number of methoxy groups -OCH3 is 2. The van der Waals surface area contributed by atoms with E-state index < -0.39 is 0 Å². The minimum Gasteiger partial charge on any atom is -0.493 e. The van der Waals surface area contributed by atoms with Crippen molar-refractivity contribution in [2.24, 2.45) is 5.73 Å². The molecule has 1 aliphatic heterocycles. The Balaban J connectivity index is 2.49. The Morgan fingerprint density at radius 2 is 1.93 bits per heavy atom. The number of carbonyl (C=O) groups excluding carboxylic acids is 1. The van der Waals surface area contributed by atoms with Crippen molar-refractivity contribution in [2.75, 3.05) is 41.4 Å². The summed E-state index contributed by atoms with van der Waals surface area (Å²) in [6.07, 6.45) is 5.68. The summed E-state index contributed by atoms with van der Waals surface area (Å²) >= 11 is 0. The zero-order chi connectivity index (χ0) is 20.8. The van der Waals surface area contributed by atoms with Crippen LogP contribution in [-0.4, -0.2) is 57.1 Å². The second-order valence-electron chi connectivity index (χ2n) is 6.97. The van der Waals surface area contributed by atoms with E-state index in [1.807, 2.05) is 63.2 Å². The number of carbonyl (C=O) groups is 1. The van der Waals surface area contributed by atoms with Crippen LogP contribution in [0.4, 0.5) is 0 Å². The fourth-order valence-corrected chi connectivity index (χ4v) is 3.45. The van der Waals surface area contributed by atoms with Crippen molar-refractivity contribution in [1.29, 1.82) is 0 Å². The van der Waals surface area contributed by atoms with Crippen LogP contribution in [-0.2, 0) is 4.79 Å². The quantitative estimate of drug-likeness (QED) is 0.745. The third kappa shape index (κ3) is 4.39. The molecule has 1 atom stereocenters. The summed E-state index contributed by atoms with van der Waals surface area (Å²) in [6, 6.07) is 5.64. The molecule has 0 saturated carbocycles. The Bertz CT molecular complexity index is 809.